The first kappa shape index (κ1) is 18.5. The number of barbiturate groups is 1. The van der Waals surface area contributed by atoms with Gasteiger partial charge in [0.25, 0.3) is 11.8 Å². The van der Waals surface area contributed by atoms with Crippen molar-refractivity contribution in [3.63, 3.8) is 0 Å². The zero-order valence-corrected chi connectivity index (χ0v) is 15.2. The molecule has 0 saturated carbocycles. The Labute approximate surface area is 160 Å². The van der Waals surface area contributed by atoms with Crippen LogP contribution in [0.4, 0.5) is 10.5 Å². The number of carbonyl (C=O) groups excluding carboxylic acids is 3. The quantitative estimate of drug-likeness (QED) is 0.645. The predicted octanol–water partition coefficient (Wildman–Crippen LogP) is 3.02. The van der Waals surface area contributed by atoms with Gasteiger partial charge in [0.2, 0.25) is 0 Å². The summed E-state index contributed by atoms with van der Waals surface area (Å²) >= 11 is 5.85. The van der Waals surface area contributed by atoms with Crippen molar-refractivity contribution in [2.75, 3.05) is 19.1 Å². The number of urea groups is 1. The number of amides is 4. The molecule has 1 fully saturated rings. The molecule has 0 atom stereocenters. The highest BCUT2D eigenvalue weighted by atomic mass is 35.5. The summed E-state index contributed by atoms with van der Waals surface area (Å²) in [7, 11) is 2.97. The molecule has 7 nitrogen and oxygen atoms in total. The predicted molar refractivity (Wildman–Crippen MR) is 100.0 cm³/mol. The maximum atomic E-state index is 12.9. The molecule has 8 heteroatoms. The highest BCUT2D eigenvalue weighted by Gasteiger charge is 2.37. The molecule has 0 bridgehead atoms. The van der Waals surface area contributed by atoms with Crippen LogP contribution in [-0.4, -0.2) is 32.1 Å². The summed E-state index contributed by atoms with van der Waals surface area (Å²) in [5.41, 5.74) is 0.537. The molecule has 27 heavy (non-hydrogen) atoms. The van der Waals surface area contributed by atoms with Crippen molar-refractivity contribution in [3.8, 4) is 11.5 Å². The van der Waals surface area contributed by atoms with E-state index >= 15 is 0 Å². The molecular formula is C19H15ClN2O5. The third-order valence-electron chi connectivity index (χ3n) is 3.92. The topological polar surface area (TPSA) is 84.9 Å². The van der Waals surface area contributed by atoms with Crippen LogP contribution in [-0.2, 0) is 9.59 Å². The first-order valence-electron chi connectivity index (χ1n) is 7.83. The molecule has 0 radical (unpaired) electrons. The van der Waals surface area contributed by atoms with Gasteiger partial charge in [0.05, 0.1) is 19.9 Å². The Balaban J connectivity index is 2.05. The summed E-state index contributed by atoms with van der Waals surface area (Å²) in [5, 5.41) is 2.62. The Kier molecular flexibility index (Phi) is 5.14. The van der Waals surface area contributed by atoms with Gasteiger partial charge in [-0.05, 0) is 48.5 Å². The average Bonchev–Trinajstić information content (AvgIpc) is 2.66. The molecule has 0 spiro atoms. The molecular weight excluding hydrogens is 372 g/mol. The molecule has 138 valence electrons. The number of carbonyl (C=O) groups is 3. The lowest BCUT2D eigenvalue weighted by molar-refractivity contribution is -0.122. The highest BCUT2D eigenvalue weighted by molar-refractivity contribution is 6.39. The molecule has 1 saturated heterocycles. The minimum Gasteiger partial charge on any atom is -0.497 e. The van der Waals surface area contributed by atoms with E-state index in [0.29, 0.717) is 22.1 Å². The number of hydrogen-bond donors (Lipinski definition) is 1. The minimum atomic E-state index is -0.831. The van der Waals surface area contributed by atoms with Gasteiger partial charge in [-0.1, -0.05) is 11.6 Å². The van der Waals surface area contributed by atoms with Crippen molar-refractivity contribution in [2.24, 2.45) is 0 Å². The molecule has 0 aliphatic carbocycles. The maximum Gasteiger partial charge on any atom is 0.335 e. The lowest BCUT2D eigenvalue weighted by Crippen LogP contribution is -2.54. The highest BCUT2D eigenvalue weighted by Crippen LogP contribution is 2.28. The lowest BCUT2D eigenvalue weighted by Gasteiger charge is -2.26. The van der Waals surface area contributed by atoms with E-state index in [1.54, 1.807) is 30.3 Å². The zero-order valence-electron chi connectivity index (χ0n) is 14.5. The summed E-state index contributed by atoms with van der Waals surface area (Å²) in [5.74, 6) is -0.577. The number of methoxy groups -OCH3 is 2. The molecule has 4 amide bonds. The number of anilines is 1. The van der Waals surface area contributed by atoms with Crippen LogP contribution in [0.25, 0.3) is 6.08 Å². The second-order valence-electron chi connectivity index (χ2n) is 5.54. The number of halogens is 1. The first-order chi connectivity index (χ1) is 12.9. The van der Waals surface area contributed by atoms with E-state index in [9.17, 15) is 14.4 Å². The number of hydrogen-bond acceptors (Lipinski definition) is 5. The molecule has 2 aromatic carbocycles. The second kappa shape index (κ2) is 7.51. The van der Waals surface area contributed by atoms with Crippen molar-refractivity contribution >= 4 is 41.2 Å². The molecule has 0 unspecified atom stereocenters. The van der Waals surface area contributed by atoms with Crippen LogP contribution in [0.5, 0.6) is 11.5 Å². The Morgan fingerprint density at radius 3 is 2.33 bits per heavy atom. The summed E-state index contributed by atoms with van der Waals surface area (Å²) < 4.78 is 10.4. The maximum absolute atomic E-state index is 12.9. The lowest BCUT2D eigenvalue weighted by atomic mass is 10.1. The average molecular weight is 387 g/mol. The number of nitrogens with one attached hydrogen (secondary N) is 1. The summed E-state index contributed by atoms with van der Waals surface area (Å²) in [4.78, 5) is 38.2. The fourth-order valence-corrected chi connectivity index (χ4v) is 2.72. The molecule has 0 aromatic heterocycles. The van der Waals surface area contributed by atoms with Crippen molar-refractivity contribution < 1.29 is 23.9 Å². The van der Waals surface area contributed by atoms with E-state index in [0.717, 1.165) is 4.90 Å². The van der Waals surface area contributed by atoms with Crippen LogP contribution in [0.15, 0.2) is 48.0 Å². The molecule has 2 aromatic rings. The van der Waals surface area contributed by atoms with Crippen molar-refractivity contribution in [1.82, 2.24) is 5.32 Å². The van der Waals surface area contributed by atoms with Gasteiger partial charge in [-0.25, -0.2) is 9.69 Å². The molecule has 3 rings (SSSR count). The minimum absolute atomic E-state index is 0.212. The zero-order chi connectivity index (χ0) is 19.6. The van der Waals surface area contributed by atoms with Crippen molar-refractivity contribution in [3.05, 3.63) is 58.6 Å². The largest absolute Gasteiger partial charge is 0.497 e. The molecule has 1 aliphatic rings. The number of ether oxygens (including phenoxy) is 2. The number of benzene rings is 2. The third kappa shape index (κ3) is 3.63. The van der Waals surface area contributed by atoms with Gasteiger partial charge in [0, 0.05) is 10.6 Å². The first-order valence-corrected chi connectivity index (χ1v) is 8.21. The van der Waals surface area contributed by atoms with E-state index in [-0.39, 0.29) is 11.3 Å². The van der Waals surface area contributed by atoms with Gasteiger partial charge in [-0.3, -0.25) is 14.9 Å². The van der Waals surface area contributed by atoms with Gasteiger partial charge in [0.15, 0.2) is 0 Å². The second-order valence-corrected chi connectivity index (χ2v) is 5.98. The SMILES string of the molecule is COc1ccc(OC)c(C=C2C(=O)NC(=O)N(c3ccc(Cl)cc3)C2=O)c1. The molecule has 1 aliphatic heterocycles. The molecule has 1 heterocycles. The van der Waals surface area contributed by atoms with Gasteiger partial charge >= 0.3 is 6.03 Å². The van der Waals surface area contributed by atoms with E-state index in [1.807, 2.05) is 0 Å². The smallest absolute Gasteiger partial charge is 0.335 e. The third-order valence-corrected chi connectivity index (χ3v) is 4.18. The number of rotatable bonds is 4. The van der Waals surface area contributed by atoms with E-state index in [1.165, 1.54) is 32.4 Å². The Morgan fingerprint density at radius 1 is 1.00 bits per heavy atom. The summed E-state index contributed by atoms with van der Waals surface area (Å²) in [6.45, 7) is 0. The van der Waals surface area contributed by atoms with Gasteiger partial charge in [-0.2, -0.15) is 0 Å². The Hall–Kier alpha value is -3.32. The fraction of sp³-hybridized carbons (Fsp3) is 0.105. The van der Waals surface area contributed by atoms with E-state index in [4.69, 9.17) is 21.1 Å². The van der Waals surface area contributed by atoms with Gasteiger partial charge in [0.1, 0.15) is 17.1 Å². The van der Waals surface area contributed by atoms with Gasteiger partial charge < -0.3 is 9.47 Å². The summed E-state index contributed by atoms with van der Waals surface area (Å²) in [6, 6.07) is 10.2. The van der Waals surface area contributed by atoms with Crippen LogP contribution in [0.2, 0.25) is 5.02 Å². The van der Waals surface area contributed by atoms with E-state index < -0.39 is 17.8 Å². The van der Waals surface area contributed by atoms with Crippen LogP contribution in [0.3, 0.4) is 0 Å². The number of imide groups is 2. The Morgan fingerprint density at radius 2 is 1.70 bits per heavy atom. The van der Waals surface area contributed by atoms with Crippen molar-refractivity contribution in [1.29, 1.82) is 0 Å². The number of nitrogens with zero attached hydrogens (tertiary/aromatic N) is 1. The molecule has 1 N–H and O–H groups in total. The van der Waals surface area contributed by atoms with Crippen LogP contribution < -0.4 is 19.7 Å². The van der Waals surface area contributed by atoms with Crippen LogP contribution in [0.1, 0.15) is 5.56 Å². The monoisotopic (exact) mass is 386 g/mol. The van der Waals surface area contributed by atoms with Crippen LogP contribution in [0, 0.1) is 0 Å². The normalized spacial score (nSPS) is 15.7. The Bertz CT molecular complexity index is 953. The van der Waals surface area contributed by atoms with E-state index in [2.05, 4.69) is 5.32 Å². The van der Waals surface area contributed by atoms with Crippen LogP contribution >= 0.6 is 11.6 Å². The fourth-order valence-electron chi connectivity index (χ4n) is 2.59. The summed E-state index contributed by atoms with van der Waals surface area (Å²) in [6.07, 6.45) is 1.36. The van der Waals surface area contributed by atoms with Crippen molar-refractivity contribution in [2.45, 2.75) is 0 Å². The van der Waals surface area contributed by atoms with Gasteiger partial charge in [-0.15, -0.1) is 0 Å². The standard InChI is InChI=1S/C19H15ClN2O5/c1-26-14-7-8-16(27-2)11(9-14)10-15-17(23)21-19(25)22(18(15)24)13-5-3-12(20)4-6-13/h3-10H,1-2H3,(H,21,23,25).